The first-order valence-corrected chi connectivity index (χ1v) is 10.0. The average molecular weight is 606 g/mol. The van der Waals surface area contributed by atoms with E-state index in [1.807, 2.05) is 50.2 Å². The molecule has 0 spiro atoms. The van der Waals surface area contributed by atoms with E-state index in [1.54, 1.807) is 12.1 Å². The van der Waals surface area contributed by atoms with E-state index in [0.29, 0.717) is 21.5 Å². The van der Waals surface area contributed by atoms with Crippen LogP contribution in [0.25, 0.3) is 43.8 Å². The fraction of sp³-hybridized carbons (Fsp3) is 0.0714. The van der Waals surface area contributed by atoms with Crippen LogP contribution in [-0.2, 0) is 65.4 Å². The zero-order valence-corrected chi connectivity index (χ0v) is 24.1. The van der Waals surface area contributed by atoms with E-state index >= 15 is 0 Å². The Morgan fingerprint density at radius 1 is 0.529 bits per heavy atom. The molecule has 0 atom stereocenters. The number of hydrogen-bond acceptors (Lipinski definition) is 0. The first-order valence-electron chi connectivity index (χ1n) is 10.0. The van der Waals surface area contributed by atoms with Crippen molar-refractivity contribution in [2.24, 2.45) is 0 Å². The SMILES string of the molecule is Cc1ccc(C)c(-c2ccc3[c-]c(F)c(F)cc3c2)c1-c1ccc2[c-]c(F)c(F)cc2c1.[Y].[Y]. The van der Waals surface area contributed by atoms with Crippen LogP contribution in [0.15, 0.2) is 60.7 Å². The second kappa shape index (κ2) is 10.7. The van der Waals surface area contributed by atoms with E-state index < -0.39 is 23.3 Å². The number of aryl methyl sites for hydroxylation is 2. The van der Waals surface area contributed by atoms with E-state index in [0.717, 1.165) is 33.4 Å². The van der Waals surface area contributed by atoms with Crippen LogP contribution < -0.4 is 0 Å². The van der Waals surface area contributed by atoms with Crippen LogP contribution in [0.4, 0.5) is 17.6 Å². The molecule has 5 aromatic carbocycles. The van der Waals surface area contributed by atoms with Crippen molar-refractivity contribution in [3.8, 4) is 22.3 Å². The minimum Gasteiger partial charge on any atom is -0.262 e. The van der Waals surface area contributed by atoms with Gasteiger partial charge in [0.15, 0.2) is 0 Å². The minimum absolute atomic E-state index is 0. The van der Waals surface area contributed by atoms with Crippen LogP contribution in [-0.4, -0.2) is 0 Å². The van der Waals surface area contributed by atoms with Crippen molar-refractivity contribution < 1.29 is 83.0 Å². The first-order chi connectivity index (χ1) is 15.3. The molecule has 164 valence electrons. The van der Waals surface area contributed by atoms with Crippen molar-refractivity contribution in [1.29, 1.82) is 0 Å². The molecule has 0 saturated carbocycles. The predicted molar refractivity (Wildman–Crippen MR) is 119 cm³/mol. The first kappa shape index (κ1) is 27.1. The van der Waals surface area contributed by atoms with Gasteiger partial charge in [-0.15, -0.1) is 57.9 Å². The molecule has 5 aromatic rings. The summed E-state index contributed by atoms with van der Waals surface area (Å²) in [6.07, 6.45) is 0. The molecule has 0 aliphatic carbocycles. The van der Waals surface area contributed by atoms with E-state index in [1.165, 1.54) is 12.1 Å². The third-order valence-corrected chi connectivity index (χ3v) is 5.78. The Balaban J connectivity index is 0.00000162. The summed E-state index contributed by atoms with van der Waals surface area (Å²) in [4.78, 5) is 0. The zero-order valence-electron chi connectivity index (χ0n) is 18.4. The van der Waals surface area contributed by atoms with Gasteiger partial charge in [0.2, 0.25) is 0 Å². The van der Waals surface area contributed by atoms with Crippen LogP contribution in [0.2, 0.25) is 0 Å². The molecular weight excluding hydrogens is 590 g/mol. The van der Waals surface area contributed by atoms with Crippen LogP contribution >= 0.6 is 0 Å². The van der Waals surface area contributed by atoms with E-state index in [2.05, 4.69) is 12.1 Å². The molecule has 6 heteroatoms. The molecular formula is C28H16F4Y2-2. The van der Waals surface area contributed by atoms with Crippen LogP contribution in [0.1, 0.15) is 11.1 Å². The minimum atomic E-state index is -1.01. The quantitative estimate of drug-likeness (QED) is 0.141. The maximum atomic E-state index is 13.8. The molecule has 0 bridgehead atoms. The fourth-order valence-electron chi connectivity index (χ4n) is 4.21. The van der Waals surface area contributed by atoms with Crippen molar-refractivity contribution >= 4 is 21.5 Å². The van der Waals surface area contributed by atoms with Gasteiger partial charge >= 0.3 is 0 Å². The number of benzene rings is 5. The number of rotatable bonds is 2. The second-order valence-corrected chi connectivity index (χ2v) is 7.92. The number of halogens is 4. The van der Waals surface area contributed by atoms with E-state index in [4.69, 9.17) is 0 Å². The molecule has 0 aliphatic rings. The summed E-state index contributed by atoms with van der Waals surface area (Å²) in [7, 11) is 0. The molecule has 0 fully saturated rings. The van der Waals surface area contributed by atoms with Gasteiger partial charge in [-0.1, -0.05) is 36.4 Å². The maximum Gasteiger partial charge on any atom is 0.0751 e. The molecule has 0 aliphatic heterocycles. The third kappa shape index (κ3) is 4.93. The molecule has 0 aromatic heterocycles. The van der Waals surface area contributed by atoms with Crippen LogP contribution in [0.3, 0.4) is 0 Å². The molecule has 0 amide bonds. The maximum absolute atomic E-state index is 13.8. The largest absolute Gasteiger partial charge is 0.262 e. The van der Waals surface area contributed by atoms with Crippen molar-refractivity contribution in [1.82, 2.24) is 0 Å². The molecule has 0 N–H and O–H groups in total. The molecule has 5 rings (SSSR count). The Labute approximate surface area is 245 Å². The Morgan fingerprint density at radius 3 is 1.29 bits per heavy atom. The van der Waals surface area contributed by atoms with Crippen molar-refractivity contribution in [3.63, 3.8) is 0 Å². The summed E-state index contributed by atoms with van der Waals surface area (Å²) in [5, 5.41) is 2.05. The standard InChI is InChI=1S/C28H16F4.2Y/c1-15-3-4-16(2)28(20-8-6-18-12-24(30)26(32)14-22(18)10-20)27(15)19-7-5-17-11-23(29)25(31)13-21(17)9-19;;/h3-10,13-14H,1-2H3;;/q-2;;. The van der Waals surface area contributed by atoms with Gasteiger partial charge in [0, 0.05) is 65.4 Å². The summed E-state index contributed by atoms with van der Waals surface area (Å²) in [6.45, 7) is 3.95. The van der Waals surface area contributed by atoms with Gasteiger partial charge < -0.3 is 0 Å². The van der Waals surface area contributed by atoms with Gasteiger partial charge in [0.1, 0.15) is 0 Å². The van der Waals surface area contributed by atoms with Gasteiger partial charge in [0.05, 0.1) is 23.3 Å². The summed E-state index contributed by atoms with van der Waals surface area (Å²) in [5.41, 5.74) is 5.53. The summed E-state index contributed by atoms with van der Waals surface area (Å²) in [5.74, 6) is -3.91. The number of fused-ring (bicyclic) bond motifs is 2. The average Bonchev–Trinajstić information content (AvgIpc) is 2.76. The zero-order chi connectivity index (χ0) is 22.6. The van der Waals surface area contributed by atoms with Gasteiger partial charge in [0.25, 0.3) is 0 Å². The second-order valence-electron chi connectivity index (χ2n) is 7.92. The van der Waals surface area contributed by atoms with Crippen molar-refractivity contribution in [3.05, 3.63) is 107 Å². The summed E-state index contributed by atoms with van der Waals surface area (Å²) < 4.78 is 54.8. The normalized spacial score (nSPS) is 10.8. The van der Waals surface area contributed by atoms with Crippen LogP contribution in [0.5, 0.6) is 0 Å². The number of hydrogen-bond donors (Lipinski definition) is 0. The van der Waals surface area contributed by atoms with Gasteiger partial charge in [-0.25, -0.2) is 8.78 Å². The topological polar surface area (TPSA) is 0 Å². The molecule has 34 heavy (non-hydrogen) atoms. The Bertz CT molecular complexity index is 1430. The Morgan fingerprint density at radius 2 is 0.912 bits per heavy atom. The van der Waals surface area contributed by atoms with Gasteiger partial charge in [-0.05, 0) is 47.2 Å². The van der Waals surface area contributed by atoms with E-state index in [9.17, 15) is 17.6 Å². The molecule has 0 unspecified atom stereocenters. The molecule has 0 nitrogen and oxygen atoms in total. The van der Waals surface area contributed by atoms with Crippen molar-refractivity contribution in [2.75, 3.05) is 0 Å². The van der Waals surface area contributed by atoms with Gasteiger partial charge in [-0.3, -0.25) is 8.78 Å². The Kier molecular flexibility index (Phi) is 8.51. The predicted octanol–water partition coefficient (Wildman–Crippen LogP) is 8.10. The summed E-state index contributed by atoms with van der Waals surface area (Å²) >= 11 is 0. The molecule has 0 heterocycles. The van der Waals surface area contributed by atoms with Gasteiger partial charge in [-0.2, -0.15) is 0 Å². The van der Waals surface area contributed by atoms with Crippen molar-refractivity contribution in [2.45, 2.75) is 13.8 Å². The molecule has 2 radical (unpaired) electrons. The fourth-order valence-corrected chi connectivity index (χ4v) is 4.21. The molecule has 0 saturated heterocycles. The van der Waals surface area contributed by atoms with E-state index in [-0.39, 0.29) is 65.4 Å². The van der Waals surface area contributed by atoms with Crippen LogP contribution in [0, 0.1) is 49.2 Å². The Hall–Kier alpha value is -1.45. The third-order valence-electron chi connectivity index (χ3n) is 5.78. The smallest absolute Gasteiger partial charge is 0.0751 e. The summed E-state index contributed by atoms with van der Waals surface area (Å²) in [6, 6.07) is 21.9. The monoisotopic (exact) mass is 606 g/mol.